The molecular formula is C21H20O3P+. The number of methoxy groups -OCH3 is 2. The highest BCUT2D eigenvalue weighted by Crippen LogP contribution is 2.34. The maximum Gasteiger partial charge on any atom is 0.341 e. The maximum atomic E-state index is 12.3. The van der Waals surface area contributed by atoms with Crippen LogP contribution in [-0.2, 0) is 4.74 Å². The number of hydrogen-bond acceptors (Lipinski definition) is 3. The van der Waals surface area contributed by atoms with Crippen molar-refractivity contribution in [3.8, 4) is 5.75 Å². The van der Waals surface area contributed by atoms with Crippen LogP contribution in [0.2, 0.25) is 0 Å². The molecule has 0 aromatic heterocycles. The van der Waals surface area contributed by atoms with Crippen LogP contribution in [0, 0.1) is 0 Å². The number of ether oxygens (including phenoxy) is 2. The summed E-state index contributed by atoms with van der Waals surface area (Å²) in [6.07, 6.45) is 0. The lowest BCUT2D eigenvalue weighted by Gasteiger charge is -2.14. The normalized spacial score (nSPS) is 11.6. The molecule has 3 aromatic carbocycles. The molecule has 1 atom stereocenters. The summed E-state index contributed by atoms with van der Waals surface area (Å²) in [4.78, 5) is 12.3. The molecule has 0 amide bonds. The number of benzene rings is 3. The quantitative estimate of drug-likeness (QED) is 0.524. The maximum absolute atomic E-state index is 12.3. The molecule has 0 heterocycles. The lowest BCUT2D eigenvalue weighted by Crippen LogP contribution is -2.25. The summed E-state index contributed by atoms with van der Waals surface area (Å²) >= 11 is 0. The van der Waals surface area contributed by atoms with Crippen molar-refractivity contribution in [2.75, 3.05) is 14.2 Å². The molecule has 0 N–H and O–H groups in total. The second-order valence-corrected chi connectivity index (χ2v) is 7.95. The van der Waals surface area contributed by atoms with Crippen LogP contribution in [0.25, 0.3) is 0 Å². The van der Waals surface area contributed by atoms with Crippen molar-refractivity contribution in [1.82, 2.24) is 0 Å². The molecule has 0 saturated carbocycles. The van der Waals surface area contributed by atoms with Gasteiger partial charge in [0.25, 0.3) is 0 Å². The van der Waals surface area contributed by atoms with E-state index in [9.17, 15) is 4.79 Å². The summed E-state index contributed by atoms with van der Waals surface area (Å²) in [7, 11) is 1.73. The summed E-state index contributed by atoms with van der Waals surface area (Å²) in [5.74, 6) is 0.516. The van der Waals surface area contributed by atoms with Gasteiger partial charge in [-0.1, -0.05) is 30.3 Å². The summed E-state index contributed by atoms with van der Waals surface area (Å²) < 4.78 is 10.3. The third-order valence-electron chi connectivity index (χ3n) is 4.04. The van der Waals surface area contributed by atoms with Crippen molar-refractivity contribution in [3.05, 3.63) is 84.4 Å². The highest BCUT2D eigenvalue weighted by molar-refractivity contribution is 7.80. The van der Waals surface area contributed by atoms with Gasteiger partial charge in [-0.05, 0) is 48.5 Å². The molecule has 0 saturated heterocycles. The van der Waals surface area contributed by atoms with Crippen LogP contribution >= 0.6 is 7.92 Å². The number of esters is 1. The van der Waals surface area contributed by atoms with Gasteiger partial charge in [0.2, 0.25) is 0 Å². The summed E-state index contributed by atoms with van der Waals surface area (Å²) in [5, 5.41) is 3.43. The van der Waals surface area contributed by atoms with Crippen LogP contribution in [0.1, 0.15) is 10.4 Å². The molecule has 0 fully saturated rings. The van der Waals surface area contributed by atoms with Crippen LogP contribution < -0.4 is 20.7 Å². The Morgan fingerprint density at radius 1 is 0.760 bits per heavy atom. The first-order valence-electron chi connectivity index (χ1n) is 7.99. The first-order valence-corrected chi connectivity index (χ1v) is 9.49. The Morgan fingerprint density at radius 3 is 2.00 bits per heavy atom. The third kappa shape index (κ3) is 3.72. The molecule has 0 aliphatic carbocycles. The largest absolute Gasteiger partial charge is 0.497 e. The lowest BCUT2D eigenvalue weighted by molar-refractivity contribution is 0.0602. The first-order chi connectivity index (χ1) is 12.2. The van der Waals surface area contributed by atoms with E-state index in [0.717, 1.165) is 11.1 Å². The molecule has 3 rings (SSSR count). The number of hydrogen-bond donors (Lipinski definition) is 0. The second kappa shape index (κ2) is 7.96. The first kappa shape index (κ1) is 17.2. The van der Waals surface area contributed by atoms with E-state index in [1.165, 1.54) is 17.7 Å². The molecule has 0 radical (unpaired) electrons. The van der Waals surface area contributed by atoms with Gasteiger partial charge in [0.05, 0.1) is 22.1 Å². The Labute approximate surface area is 149 Å². The van der Waals surface area contributed by atoms with E-state index >= 15 is 0 Å². The van der Waals surface area contributed by atoms with Gasteiger partial charge in [0.1, 0.15) is 27.2 Å². The van der Waals surface area contributed by atoms with Crippen molar-refractivity contribution in [2.24, 2.45) is 0 Å². The fourth-order valence-electron chi connectivity index (χ4n) is 2.83. The predicted octanol–water partition coefficient (Wildman–Crippen LogP) is 2.97. The Morgan fingerprint density at radius 2 is 1.36 bits per heavy atom. The average molecular weight is 351 g/mol. The molecular weight excluding hydrogens is 331 g/mol. The van der Waals surface area contributed by atoms with E-state index in [4.69, 9.17) is 9.47 Å². The van der Waals surface area contributed by atoms with Crippen LogP contribution in [0.3, 0.4) is 0 Å². The molecule has 0 bridgehead atoms. The highest BCUT2D eigenvalue weighted by atomic mass is 31.1. The van der Waals surface area contributed by atoms with Crippen LogP contribution in [0.4, 0.5) is 0 Å². The average Bonchev–Trinajstić information content (AvgIpc) is 2.69. The van der Waals surface area contributed by atoms with E-state index in [1.54, 1.807) is 7.11 Å². The van der Waals surface area contributed by atoms with Crippen molar-refractivity contribution < 1.29 is 14.3 Å². The molecule has 3 nitrogen and oxygen atoms in total. The van der Waals surface area contributed by atoms with Gasteiger partial charge < -0.3 is 9.47 Å². The highest BCUT2D eigenvalue weighted by Gasteiger charge is 2.30. The fourth-order valence-corrected chi connectivity index (χ4v) is 5.53. The van der Waals surface area contributed by atoms with E-state index < -0.39 is 7.92 Å². The minimum Gasteiger partial charge on any atom is -0.497 e. The zero-order valence-corrected chi connectivity index (χ0v) is 15.2. The van der Waals surface area contributed by atoms with Crippen molar-refractivity contribution in [2.45, 2.75) is 0 Å². The van der Waals surface area contributed by atoms with E-state index in [1.807, 2.05) is 54.6 Å². The monoisotopic (exact) mass is 351 g/mol. The zero-order chi connectivity index (χ0) is 17.6. The SMILES string of the molecule is COC(=O)c1ccccc1[PH+](c1ccccc1)c1ccc(OC)cc1. The van der Waals surface area contributed by atoms with E-state index in [0.29, 0.717) is 5.56 Å². The van der Waals surface area contributed by atoms with Gasteiger partial charge in [0.15, 0.2) is 0 Å². The zero-order valence-electron chi connectivity index (χ0n) is 14.2. The third-order valence-corrected chi connectivity index (χ3v) is 6.84. The predicted molar refractivity (Wildman–Crippen MR) is 104 cm³/mol. The minimum absolute atomic E-state index is 0.303. The molecule has 1 unspecified atom stereocenters. The van der Waals surface area contributed by atoms with Gasteiger partial charge in [0, 0.05) is 0 Å². The molecule has 4 heteroatoms. The molecule has 126 valence electrons. The van der Waals surface area contributed by atoms with Gasteiger partial charge in [-0.3, -0.25) is 0 Å². The molecule has 0 aliphatic rings. The van der Waals surface area contributed by atoms with Crippen LogP contribution in [-0.4, -0.2) is 20.2 Å². The molecule has 25 heavy (non-hydrogen) atoms. The van der Waals surface area contributed by atoms with Crippen molar-refractivity contribution in [1.29, 1.82) is 0 Å². The van der Waals surface area contributed by atoms with Crippen molar-refractivity contribution >= 4 is 29.8 Å². The lowest BCUT2D eigenvalue weighted by atomic mass is 10.2. The fraction of sp³-hybridized carbons (Fsp3) is 0.0952. The number of carbonyl (C=O) groups excluding carboxylic acids is 1. The van der Waals surface area contributed by atoms with Gasteiger partial charge in [-0.25, -0.2) is 4.79 Å². The summed E-state index contributed by atoms with van der Waals surface area (Å²) in [5.41, 5.74) is 0.624. The number of carbonyl (C=O) groups is 1. The van der Waals surface area contributed by atoms with E-state index in [-0.39, 0.29) is 5.97 Å². The second-order valence-electron chi connectivity index (χ2n) is 5.51. The molecule has 0 aliphatic heterocycles. The Balaban J connectivity index is 2.17. The van der Waals surface area contributed by atoms with Crippen LogP contribution in [0.5, 0.6) is 5.75 Å². The summed E-state index contributed by atoms with van der Waals surface area (Å²) in [6.45, 7) is 0. The van der Waals surface area contributed by atoms with Crippen molar-refractivity contribution in [3.63, 3.8) is 0 Å². The van der Waals surface area contributed by atoms with Crippen LogP contribution in [0.15, 0.2) is 78.9 Å². The Kier molecular flexibility index (Phi) is 5.47. The standard InChI is InChI=1S/C21H19O3P/c1-23-16-12-14-18(15-13-16)25(17-8-4-3-5-9-17)20-11-7-6-10-19(20)21(22)24-2/h3-15H,1-2H3/p+1. The Hall–Kier alpha value is -2.64. The van der Waals surface area contributed by atoms with E-state index in [2.05, 4.69) is 24.3 Å². The van der Waals surface area contributed by atoms with Gasteiger partial charge in [-0.15, -0.1) is 0 Å². The minimum atomic E-state index is -1.34. The van der Waals surface area contributed by atoms with Gasteiger partial charge >= 0.3 is 5.97 Å². The number of rotatable bonds is 5. The molecule has 0 spiro atoms. The molecule has 3 aromatic rings. The topological polar surface area (TPSA) is 35.5 Å². The summed E-state index contributed by atoms with van der Waals surface area (Å²) in [6, 6.07) is 26.1. The smallest absolute Gasteiger partial charge is 0.341 e. The Bertz CT molecular complexity index is 845. The van der Waals surface area contributed by atoms with Gasteiger partial charge in [-0.2, -0.15) is 0 Å².